The number of alkyl halides is 3. The van der Waals surface area contributed by atoms with Crippen LogP contribution in [0.5, 0.6) is 0 Å². The lowest BCUT2D eigenvalue weighted by molar-refractivity contribution is -0.137. The maximum Gasteiger partial charge on any atom is 0.417 e. The Hall–Kier alpha value is -1.34. The molecule has 4 nitrogen and oxygen atoms in total. The Morgan fingerprint density at radius 2 is 1.95 bits per heavy atom. The molecule has 3 heterocycles. The Balaban J connectivity index is 1.67. The molecule has 2 aliphatic heterocycles. The van der Waals surface area contributed by atoms with Crippen LogP contribution in [0.3, 0.4) is 0 Å². The third-order valence-electron chi connectivity index (χ3n) is 4.32. The molecule has 0 aliphatic carbocycles. The molecule has 0 radical (unpaired) electrons. The van der Waals surface area contributed by atoms with Crippen molar-refractivity contribution in [1.29, 1.82) is 0 Å². The van der Waals surface area contributed by atoms with Crippen molar-refractivity contribution in [2.24, 2.45) is 0 Å². The molecular weight excluding hydrogens is 295 g/mol. The SMILES string of the molecule is FC(F)(F)c1ccc(N2CCCC2CN2CCOCC2)nc1. The second-order valence-electron chi connectivity index (χ2n) is 5.81. The molecule has 1 unspecified atom stereocenters. The number of morpholine rings is 1. The standard InChI is InChI=1S/C15H20F3N3O/c16-15(17,18)12-3-4-14(19-10-12)21-5-1-2-13(21)11-20-6-8-22-9-7-20/h3-4,10,13H,1-2,5-9,11H2. The fourth-order valence-electron chi connectivity index (χ4n) is 3.13. The van der Waals surface area contributed by atoms with Crippen LogP contribution in [-0.4, -0.2) is 55.3 Å². The number of rotatable bonds is 3. The van der Waals surface area contributed by atoms with E-state index in [0.29, 0.717) is 11.9 Å². The molecule has 0 aromatic carbocycles. The zero-order valence-corrected chi connectivity index (χ0v) is 12.4. The number of nitrogens with zero attached hydrogens (tertiary/aromatic N) is 3. The number of ether oxygens (including phenoxy) is 1. The van der Waals surface area contributed by atoms with Gasteiger partial charge < -0.3 is 9.64 Å². The molecule has 0 saturated carbocycles. The van der Waals surface area contributed by atoms with E-state index in [2.05, 4.69) is 14.8 Å². The number of hydrogen-bond donors (Lipinski definition) is 0. The lowest BCUT2D eigenvalue weighted by Gasteiger charge is -2.33. The van der Waals surface area contributed by atoms with Gasteiger partial charge in [0.1, 0.15) is 5.82 Å². The Bertz CT molecular complexity index is 486. The Morgan fingerprint density at radius 1 is 1.18 bits per heavy atom. The van der Waals surface area contributed by atoms with Crippen LogP contribution in [0.25, 0.3) is 0 Å². The molecular formula is C15H20F3N3O. The summed E-state index contributed by atoms with van der Waals surface area (Å²) in [6.07, 6.45) is -1.29. The summed E-state index contributed by atoms with van der Waals surface area (Å²) in [7, 11) is 0. The van der Waals surface area contributed by atoms with Crippen LogP contribution in [-0.2, 0) is 10.9 Å². The van der Waals surface area contributed by atoms with Gasteiger partial charge in [0.05, 0.1) is 18.8 Å². The second kappa shape index (κ2) is 6.42. The number of halogens is 3. The van der Waals surface area contributed by atoms with Crippen LogP contribution in [0.15, 0.2) is 18.3 Å². The summed E-state index contributed by atoms with van der Waals surface area (Å²) < 4.78 is 43.2. The Kier molecular flexibility index (Phi) is 4.54. The van der Waals surface area contributed by atoms with E-state index in [1.54, 1.807) is 0 Å². The average molecular weight is 315 g/mol. The van der Waals surface area contributed by atoms with Gasteiger partial charge in [-0.3, -0.25) is 4.90 Å². The van der Waals surface area contributed by atoms with Gasteiger partial charge in [-0.2, -0.15) is 13.2 Å². The highest BCUT2D eigenvalue weighted by molar-refractivity contribution is 5.42. The molecule has 1 atom stereocenters. The molecule has 122 valence electrons. The fourth-order valence-corrected chi connectivity index (χ4v) is 3.13. The van der Waals surface area contributed by atoms with Crippen molar-refractivity contribution in [3.05, 3.63) is 23.9 Å². The molecule has 0 amide bonds. The van der Waals surface area contributed by atoms with Crippen molar-refractivity contribution in [1.82, 2.24) is 9.88 Å². The van der Waals surface area contributed by atoms with Gasteiger partial charge in [0.15, 0.2) is 0 Å². The van der Waals surface area contributed by atoms with Crippen molar-refractivity contribution in [2.45, 2.75) is 25.1 Å². The number of pyridine rings is 1. The van der Waals surface area contributed by atoms with Crippen molar-refractivity contribution in [3.8, 4) is 0 Å². The minimum Gasteiger partial charge on any atom is -0.379 e. The van der Waals surface area contributed by atoms with Crippen LogP contribution in [0.1, 0.15) is 18.4 Å². The molecule has 7 heteroatoms. The molecule has 0 bridgehead atoms. The monoisotopic (exact) mass is 315 g/mol. The summed E-state index contributed by atoms with van der Waals surface area (Å²) in [5.74, 6) is 0.642. The second-order valence-corrected chi connectivity index (χ2v) is 5.81. The fraction of sp³-hybridized carbons (Fsp3) is 0.667. The quantitative estimate of drug-likeness (QED) is 0.856. The van der Waals surface area contributed by atoms with Crippen molar-refractivity contribution >= 4 is 5.82 Å². The van der Waals surface area contributed by atoms with Crippen LogP contribution >= 0.6 is 0 Å². The van der Waals surface area contributed by atoms with Gasteiger partial charge in [-0.25, -0.2) is 4.98 Å². The van der Waals surface area contributed by atoms with Gasteiger partial charge in [0.25, 0.3) is 0 Å². The van der Waals surface area contributed by atoms with Crippen molar-refractivity contribution in [2.75, 3.05) is 44.3 Å². The number of anilines is 1. The summed E-state index contributed by atoms with van der Waals surface area (Å²) in [5.41, 5.74) is -0.694. The lowest BCUT2D eigenvalue weighted by atomic mass is 10.2. The molecule has 1 aromatic heterocycles. The summed E-state index contributed by atoms with van der Waals surface area (Å²) in [6, 6.07) is 2.93. The van der Waals surface area contributed by atoms with Crippen LogP contribution in [0.2, 0.25) is 0 Å². The summed E-state index contributed by atoms with van der Waals surface area (Å²) in [6.45, 7) is 5.13. The molecule has 0 N–H and O–H groups in total. The van der Waals surface area contributed by atoms with Crippen LogP contribution in [0.4, 0.5) is 19.0 Å². The molecule has 2 aliphatic rings. The summed E-state index contributed by atoms with van der Waals surface area (Å²) >= 11 is 0. The lowest BCUT2D eigenvalue weighted by Crippen LogP contribution is -2.45. The molecule has 0 spiro atoms. The van der Waals surface area contributed by atoms with Crippen LogP contribution < -0.4 is 4.90 Å². The molecule has 2 saturated heterocycles. The van der Waals surface area contributed by atoms with Crippen LogP contribution in [0, 0.1) is 0 Å². The predicted octanol–water partition coefficient (Wildman–Crippen LogP) is 2.40. The van der Waals surface area contributed by atoms with E-state index in [0.717, 1.165) is 64.5 Å². The summed E-state index contributed by atoms with van der Waals surface area (Å²) in [5, 5.41) is 0. The molecule has 22 heavy (non-hydrogen) atoms. The summed E-state index contributed by atoms with van der Waals surface area (Å²) in [4.78, 5) is 8.53. The van der Waals surface area contributed by atoms with E-state index in [1.165, 1.54) is 6.07 Å². The number of aromatic nitrogens is 1. The van der Waals surface area contributed by atoms with Crippen molar-refractivity contribution in [3.63, 3.8) is 0 Å². The van der Waals surface area contributed by atoms with E-state index >= 15 is 0 Å². The third kappa shape index (κ3) is 3.52. The minimum atomic E-state index is -4.33. The minimum absolute atomic E-state index is 0.322. The largest absolute Gasteiger partial charge is 0.417 e. The van der Waals surface area contributed by atoms with Gasteiger partial charge in [0, 0.05) is 38.4 Å². The zero-order valence-electron chi connectivity index (χ0n) is 12.4. The van der Waals surface area contributed by atoms with Gasteiger partial charge in [-0.05, 0) is 25.0 Å². The molecule has 2 fully saturated rings. The highest BCUT2D eigenvalue weighted by Gasteiger charge is 2.32. The van der Waals surface area contributed by atoms with Gasteiger partial charge >= 0.3 is 6.18 Å². The maximum atomic E-state index is 12.6. The average Bonchev–Trinajstić information content (AvgIpc) is 2.96. The molecule has 3 rings (SSSR count). The third-order valence-corrected chi connectivity index (χ3v) is 4.32. The number of hydrogen-bond acceptors (Lipinski definition) is 4. The van der Waals surface area contributed by atoms with E-state index in [9.17, 15) is 13.2 Å². The highest BCUT2D eigenvalue weighted by atomic mass is 19.4. The van der Waals surface area contributed by atoms with E-state index in [1.807, 2.05) is 0 Å². The topological polar surface area (TPSA) is 28.6 Å². The van der Waals surface area contributed by atoms with E-state index in [-0.39, 0.29) is 0 Å². The predicted molar refractivity (Wildman–Crippen MR) is 76.9 cm³/mol. The Labute approximate surface area is 127 Å². The molecule has 1 aromatic rings. The van der Waals surface area contributed by atoms with Gasteiger partial charge in [-0.15, -0.1) is 0 Å². The first-order valence-corrected chi connectivity index (χ1v) is 7.64. The maximum absolute atomic E-state index is 12.6. The van der Waals surface area contributed by atoms with Gasteiger partial charge in [-0.1, -0.05) is 0 Å². The first-order chi connectivity index (χ1) is 10.5. The normalized spacial score (nSPS) is 24.0. The smallest absolute Gasteiger partial charge is 0.379 e. The van der Waals surface area contributed by atoms with E-state index < -0.39 is 11.7 Å². The first kappa shape index (κ1) is 15.6. The Morgan fingerprint density at radius 3 is 2.59 bits per heavy atom. The van der Waals surface area contributed by atoms with E-state index in [4.69, 9.17) is 4.74 Å². The van der Waals surface area contributed by atoms with Crippen molar-refractivity contribution < 1.29 is 17.9 Å². The zero-order chi connectivity index (χ0) is 15.6. The first-order valence-electron chi connectivity index (χ1n) is 7.64. The van der Waals surface area contributed by atoms with Gasteiger partial charge in [0.2, 0.25) is 0 Å². The highest BCUT2D eigenvalue weighted by Crippen LogP contribution is 2.31.